The fourth-order valence-corrected chi connectivity index (χ4v) is 2.68. The number of carbonyl (C=O) groups is 1. The highest BCUT2D eigenvalue weighted by atomic mass is 32.2. The van der Waals surface area contributed by atoms with Gasteiger partial charge in [0.1, 0.15) is 0 Å². The minimum Gasteiger partial charge on any atom is -0.475 e. The third kappa shape index (κ3) is 3.17. The predicted molar refractivity (Wildman–Crippen MR) is 71.8 cm³/mol. The van der Waals surface area contributed by atoms with Gasteiger partial charge >= 0.3 is 5.97 Å². The molecule has 0 atom stereocenters. The largest absolute Gasteiger partial charge is 0.475 e. The molecule has 0 aliphatic carbocycles. The fraction of sp³-hybridized carbons (Fsp3) is 0.214. The molecular weight excluding hydrogens is 248 g/mol. The quantitative estimate of drug-likeness (QED) is 0.892. The van der Waals surface area contributed by atoms with Crippen LogP contribution < -0.4 is 0 Å². The Labute approximate surface area is 110 Å². The van der Waals surface area contributed by atoms with E-state index >= 15 is 0 Å². The summed E-state index contributed by atoms with van der Waals surface area (Å²) in [6, 6.07) is 10.0. The first-order valence-electron chi connectivity index (χ1n) is 5.60. The van der Waals surface area contributed by atoms with E-state index in [1.807, 2.05) is 6.07 Å². The molecule has 18 heavy (non-hydrogen) atoms. The zero-order valence-corrected chi connectivity index (χ0v) is 10.9. The van der Waals surface area contributed by atoms with E-state index in [4.69, 9.17) is 9.52 Å². The Morgan fingerprint density at radius 3 is 2.89 bits per heavy atom. The van der Waals surface area contributed by atoms with Gasteiger partial charge in [-0.2, -0.15) is 11.8 Å². The summed E-state index contributed by atoms with van der Waals surface area (Å²) in [6.07, 6.45) is 1.42. The average Bonchev–Trinajstić information content (AvgIpc) is 2.77. The first kappa shape index (κ1) is 12.8. The molecule has 1 heterocycles. The normalized spacial score (nSPS) is 10.5. The number of thioether (sulfide) groups is 1. The van der Waals surface area contributed by atoms with Crippen molar-refractivity contribution in [2.45, 2.75) is 18.4 Å². The lowest BCUT2D eigenvalue weighted by molar-refractivity contribution is 0.0661. The second-order valence-corrected chi connectivity index (χ2v) is 5.05. The number of rotatable bonds is 5. The van der Waals surface area contributed by atoms with Crippen molar-refractivity contribution in [3.05, 3.63) is 59.0 Å². The van der Waals surface area contributed by atoms with Crippen molar-refractivity contribution in [2.24, 2.45) is 0 Å². The summed E-state index contributed by atoms with van der Waals surface area (Å²) in [5, 5.41) is 8.90. The van der Waals surface area contributed by atoms with Gasteiger partial charge in [0.25, 0.3) is 0 Å². The van der Waals surface area contributed by atoms with Crippen LogP contribution in [0, 0.1) is 6.92 Å². The molecule has 94 valence electrons. The molecule has 0 amide bonds. The number of carboxylic acid groups (broad SMARTS) is 1. The van der Waals surface area contributed by atoms with Gasteiger partial charge in [0, 0.05) is 17.1 Å². The van der Waals surface area contributed by atoms with Crippen LogP contribution in [0.5, 0.6) is 0 Å². The number of aromatic carboxylic acids is 1. The highest BCUT2D eigenvalue weighted by molar-refractivity contribution is 7.97. The van der Waals surface area contributed by atoms with Crippen molar-refractivity contribution in [1.29, 1.82) is 0 Å². The molecule has 4 heteroatoms. The summed E-state index contributed by atoms with van der Waals surface area (Å²) in [5.41, 5.74) is 3.23. The lowest BCUT2D eigenvalue weighted by Gasteiger charge is -2.02. The van der Waals surface area contributed by atoms with Gasteiger partial charge in [-0.1, -0.05) is 29.8 Å². The Bertz CT molecular complexity index is 545. The molecule has 1 N–H and O–H groups in total. The van der Waals surface area contributed by atoms with Crippen molar-refractivity contribution >= 4 is 17.7 Å². The van der Waals surface area contributed by atoms with Gasteiger partial charge < -0.3 is 9.52 Å². The number of benzene rings is 1. The highest BCUT2D eigenvalue weighted by Gasteiger charge is 2.13. The van der Waals surface area contributed by atoms with E-state index in [1.54, 1.807) is 17.8 Å². The van der Waals surface area contributed by atoms with Crippen molar-refractivity contribution in [2.75, 3.05) is 0 Å². The lowest BCUT2D eigenvalue weighted by Crippen LogP contribution is -1.97. The maximum atomic E-state index is 10.9. The van der Waals surface area contributed by atoms with Gasteiger partial charge in [0.15, 0.2) is 0 Å². The molecule has 0 aliphatic rings. The van der Waals surface area contributed by atoms with Gasteiger partial charge in [0.2, 0.25) is 5.76 Å². The third-order valence-corrected chi connectivity index (χ3v) is 3.60. The minimum absolute atomic E-state index is 0.0479. The molecule has 3 nitrogen and oxygen atoms in total. The number of aryl methyl sites for hydroxylation is 1. The van der Waals surface area contributed by atoms with E-state index in [9.17, 15) is 4.79 Å². The summed E-state index contributed by atoms with van der Waals surface area (Å²) in [5.74, 6) is 0.552. The molecule has 2 rings (SSSR count). The van der Waals surface area contributed by atoms with E-state index in [0.29, 0.717) is 5.75 Å². The molecule has 1 aromatic heterocycles. The van der Waals surface area contributed by atoms with Crippen molar-refractivity contribution < 1.29 is 14.3 Å². The Morgan fingerprint density at radius 1 is 1.33 bits per heavy atom. The molecule has 2 aromatic rings. The lowest BCUT2D eigenvalue weighted by atomic mass is 10.2. The van der Waals surface area contributed by atoms with Crippen LogP contribution in [0.3, 0.4) is 0 Å². The Morgan fingerprint density at radius 2 is 2.17 bits per heavy atom. The van der Waals surface area contributed by atoms with E-state index in [-0.39, 0.29) is 5.76 Å². The number of carboxylic acids is 1. The first-order chi connectivity index (χ1) is 8.66. The monoisotopic (exact) mass is 262 g/mol. The first-order valence-corrected chi connectivity index (χ1v) is 6.75. The van der Waals surface area contributed by atoms with Gasteiger partial charge in [-0.15, -0.1) is 0 Å². The molecule has 0 unspecified atom stereocenters. The van der Waals surface area contributed by atoms with Crippen molar-refractivity contribution in [3.8, 4) is 0 Å². The summed E-state index contributed by atoms with van der Waals surface area (Å²) >= 11 is 1.68. The number of hydrogen-bond acceptors (Lipinski definition) is 3. The van der Waals surface area contributed by atoms with E-state index in [1.165, 1.54) is 17.4 Å². The zero-order valence-electron chi connectivity index (χ0n) is 10.1. The Kier molecular flexibility index (Phi) is 4.10. The van der Waals surface area contributed by atoms with E-state index in [2.05, 4.69) is 25.1 Å². The molecule has 0 saturated carbocycles. The minimum atomic E-state index is -1.01. The van der Waals surface area contributed by atoms with Crippen molar-refractivity contribution in [1.82, 2.24) is 0 Å². The van der Waals surface area contributed by atoms with Crippen LogP contribution in [-0.2, 0) is 11.5 Å². The molecule has 0 bridgehead atoms. The summed E-state index contributed by atoms with van der Waals surface area (Å²) in [7, 11) is 0. The predicted octanol–water partition coefficient (Wildman–Crippen LogP) is 3.72. The van der Waals surface area contributed by atoms with Crippen LogP contribution in [0.25, 0.3) is 0 Å². The Hall–Kier alpha value is -1.68. The number of hydrogen-bond donors (Lipinski definition) is 1. The van der Waals surface area contributed by atoms with Crippen molar-refractivity contribution in [3.63, 3.8) is 0 Å². The molecule has 0 spiro atoms. The molecule has 0 radical (unpaired) electrons. The standard InChI is InChI=1S/C14H14O3S/c1-10-3-2-4-11(7-10)8-18-9-12-5-6-17-13(12)14(15)16/h2-7H,8-9H2,1H3,(H,15,16). The summed E-state index contributed by atoms with van der Waals surface area (Å²) in [6.45, 7) is 2.06. The average molecular weight is 262 g/mol. The van der Waals surface area contributed by atoms with Crippen LogP contribution in [0.4, 0.5) is 0 Å². The van der Waals surface area contributed by atoms with Gasteiger partial charge in [-0.3, -0.25) is 0 Å². The van der Waals surface area contributed by atoms with Crippen LogP contribution in [-0.4, -0.2) is 11.1 Å². The van der Waals surface area contributed by atoms with Crippen LogP contribution >= 0.6 is 11.8 Å². The van der Waals surface area contributed by atoms with Crippen LogP contribution in [0.15, 0.2) is 41.0 Å². The third-order valence-electron chi connectivity index (χ3n) is 2.55. The topological polar surface area (TPSA) is 50.4 Å². The van der Waals surface area contributed by atoms with Gasteiger partial charge in [-0.05, 0) is 18.6 Å². The van der Waals surface area contributed by atoms with Crippen LogP contribution in [0.1, 0.15) is 27.2 Å². The Balaban J connectivity index is 1.92. The second-order valence-electron chi connectivity index (χ2n) is 4.06. The van der Waals surface area contributed by atoms with Crippen LogP contribution in [0.2, 0.25) is 0 Å². The molecule has 0 aliphatic heterocycles. The maximum absolute atomic E-state index is 10.9. The second kappa shape index (κ2) is 5.78. The van der Waals surface area contributed by atoms with E-state index in [0.717, 1.165) is 11.3 Å². The summed E-state index contributed by atoms with van der Waals surface area (Å²) < 4.78 is 4.94. The van der Waals surface area contributed by atoms with E-state index < -0.39 is 5.97 Å². The SMILES string of the molecule is Cc1cccc(CSCc2ccoc2C(=O)O)c1. The highest BCUT2D eigenvalue weighted by Crippen LogP contribution is 2.21. The molecule has 0 fully saturated rings. The van der Waals surface area contributed by atoms with Gasteiger partial charge in [0.05, 0.1) is 6.26 Å². The molecule has 0 saturated heterocycles. The number of furan rings is 1. The van der Waals surface area contributed by atoms with Gasteiger partial charge in [-0.25, -0.2) is 4.79 Å². The zero-order chi connectivity index (χ0) is 13.0. The smallest absolute Gasteiger partial charge is 0.372 e. The maximum Gasteiger partial charge on any atom is 0.372 e. The molecular formula is C14H14O3S. The molecule has 1 aromatic carbocycles. The fourth-order valence-electron chi connectivity index (χ4n) is 1.72. The summed E-state index contributed by atoms with van der Waals surface area (Å²) in [4.78, 5) is 10.9.